The Bertz CT molecular complexity index is 625. The lowest BCUT2D eigenvalue weighted by atomic mass is 10.1. The van der Waals surface area contributed by atoms with E-state index in [4.69, 9.17) is 4.42 Å². The van der Waals surface area contributed by atoms with Crippen LogP contribution in [0.5, 0.6) is 0 Å². The number of carbonyl (C=O) groups is 1. The molecule has 0 saturated carbocycles. The van der Waals surface area contributed by atoms with Crippen molar-refractivity contribution in [1.82, 2.24) is 4.90 Å². The van der Waals surface area contributed by atoms with Gasteiger partial charge in [-0.05, 0) is 37.6 Å². The molecule has 3 nitrogen and oxygen atoms in total. The van der Waals surface area contributed by atoms with Crippen molar-refractivity contribution < 1.29 is 9.21 Å². The lowest BCUT2D eigenvalue weighted by Gasteiger charge is -2.13. The van der Waals surface area contributed by atoms with Crippen molar-refractivity contribution in [3.8, 4) is 0 Å². The second-order valence-electron chi connectivity index (χ2n) is 4.95. The lowest BCUT2D eigenvalue weighted by molar-refractivity contribution is -0.125. The predicted molar refractivity (Wildman–Crippen MR) is 80.1 cm³/mol. The highest BCUT2D eigenvalue weighted by atomic mass is 16.3. The first kappa shape index (κ1) is 14.1. The molecule has 3 heteroatoms. The third-order valence-corrected chi connectivity index (χ3v) is 3.03. The molecule has 0 spiro atoms. The zero-order valence-electron chi connectivity index (χ0n) is 12.1. The van der Waals surface area contributed by atoms with Gasteiger partial charge in [0.2, 0.25) is 5.91 Å². The van der Waals surface area contributed by atoms with Crippen molar-refractivity contribution in [1.29, 1.82) is 0 Å². The van der Waals surface area contributed by atoms with Gasteiger partial charge in [-0.3, -0.25) is 4.79 Å². The van der Waals surface area contributed by atoms with Crippen LogP contribution in [0.2, 0.25) is 0 Å². The molecule has 2 aromatic rings. The van der Waals surface area contributed by atoms with Crippen LogP contribution in [0.3, 0.4) is 0 Å². The van der Waals surface area contributed by atoms with Crippen molar-refractivity contribution in [2.45, 2.75) is 20.4 Å². The quantitative estimate of drug-likeness (QED) is 0.795. The number of furan rings is 1. The maximum atomic E-state index is 12.0. The number of rotatable bonds is 4. The van der Waals surface area contributed by atoms with Crippen molar-refractivity contribution in [2.24, 2.45) is 0 Å². The zero-order valence-corrected chi connectivity index (χ0v) is 12.1. The number of carbonyl (C=O) groups excluding carboxylic acids is 1. The van der Waals surface area contributed by atoms with Crippen LogP contribution in [0, 0.1) is 13.8 Å². The van der Waals surface area contributed by atoms with Crippen molar-refractivity contribution >= 4 is 12.0 Å². The van der Waals surface area contributed by atoms with Gasteiger partial charge in [0, 0.05) is 13.1 Å². The minimum Gasteiger partial charge on any atom is -0.464 e. The minimum absolute atomic E-state index is 0.0411. The lowest BCUT2D eigenvalue weighted by Crippen LogP contribution is -2.23. The second-order valence-corrected chi connectivity index (χ2v) is 4.95. The number of hydrogen-bond donors (Lipinski definition) is 0. The molecule has 1 amide bonds. The van der Waals surface area contributed by atoms with Crippen LogP contribution < -0.4 is 0 Å². The molecule has 1 aromatic heterocycles. The largest absolute Gasteiger partial charge is 0.464 e. The third-order valence-electron chi connectivity index (χ3n) is 3.03. The number of likely N-dealkylation sites (N-methyl/N-ethyl adjacent to an activating group) is 1. The molecule has 104 valence electrons. The Labute approximate surface area is 119 Å². The monoisotopic (exact) mass is 269 g/mol. The summed E-state index contributed by atoms with van der Waals surface area (Å²) in [5, 5.41) is 0. The topological polar surface area (TPSA) is 33.5 Å². The van der Waals surface area contributed by atoms with Crippen LogP contribution in [0.25, 0.3) is 6.08 Å². The van der Waals surface area contributed by atoms with Crippen LogP contribution in [-0.2, 0) is 11.3 Å². The fraction of sp³-hybridized carbons (Fsp3) is 0.235. The molecule has 0 aliphatic carbocycles. The number of aryl methyl sites for hydroxylation is 2. The molecular weight excluding hydrogens is 250 g/mol. The van der Waals surface area contributed by atoms with Crippen LogP contribution >= 0.6 is 0 Å². The molecule has 0 unspecified atom stereocenters. The Morgan fingerprint density at radius 3 is 2.70 bits per heavy atom. The van der Waals surface area contributed by atoms with Crippen LogP contribution in [-0.4, -0.2) is 17.9 Å². The first-order chi connectivity index (χ1) is 9.54. The van der Waals surface area contributed by atoms with E-state index in [0.29, 0.717) is 6.54 Å². The molecule has 1 heterocycles. The maximum absolute atomic E-state index is 12.0. The molecule has 0 bridgehead atoms. The summed E-state index contributed by atoms with van der Waals surface area (Å²) in [6.45, 7) is 4.40. The molecule has 0 aliphatic heterocycles. The van der Waals surface area contributed by atoms with Crippen molar-refractivity contribution in [3.63, 3.8) is 0 Å². The van der Waals surface area contributed by atoms with E-state index in [1.54, 1.807) is 18.0 Å². The summed E-state index contributed by atoms with van der Waals surface area (Å²) in [6.07, 6.45) is 3.42. The number of hydrogen-bond acceptors (Lipinski definition) is 2. The molecule has 0 fully saturated rings. The first-order valence-electron chi connectivity index (χ1n) is 6.60. The Balaban J connectivity index is 1.97. The van der Waals surface area contributed by atoms with Crippen molar-refractivity contribution in [3.05, 3.63) is 65.1 Å². The van der Waals surface area contributed by atoms with Gasteiger partial charge in [0.1, 0.15) is 11.5 Å². The summed E-state index contributed by atoms with van der Waals surface area (Å²) in [7, 11) is 1.76. The number of nitrogens with zero attached hydrogens (tertiary/aromatic N) is 1. The summed E-state index contributed by atoms with van der Waals surface area (Å²) < 4.78 is 5.46. The van der Waals surface area contributed by atoms with Crippen LogP contribution in [0.1, 0.15) is 22.6 Å². The van der Waals surface area contributed by atoms with Crippen LogP contribution in [0.4, 0.5) is 0 Å². The van der Waals surface area contributed by atoms with Gasteiger partial charge < -0.3 is 9.32 Å². The van der Waals surface area contributed by atoms with E-state index in [0.717, 1.165) is 17.1 Å². The summed E-state index contributed by atoms with van der Waals surface area (Å²) in [5.41, 5.74) is 2.21. The summed E-state index contributed by atoms with van der Waals surface area (Å²) >= 11 is 0. The fourth-order valence-electron chi connectivity index (χ4n) is 1.95. The van der Waals surface area contributed by atoms with Gasteiger partial charge in [-0.15, -0.1) is 0 Å². The Morgan fingerprint density at radius 2 is 2.05 bits per heavy atom. The Hall–Kier alpha value is -2.29. The van der Waals surface area contributed by atoms with E-state index in [1.807, 2.05) is 56.3 Å². The SMILES string of the molecule is Cc1cccc(C=CC(=O)N(C)Cc2ccc(C)o2)c1. The predicted octanol–water partition coefficient (Wildman–Crippen LogP) is 3.57. The van der Waals surface area contributed by atoms with Gasteiger partial charge in [-0.1, -0.05) is 29.8 Å². The number of benzene rings is 1. The molecule has 2 rings (SSSR count). The van der Waals surface area contributed by atoms with E-state index >= 15 is 0 Å². The molecule has 0 radical (unpaired) electrons. The molecule has 0 aliphatic rings. The highest BCUT2D eigenvalue weighted by Crippen LogP contribution is 2.10. The standard InChI is InChI=1S/C17H19NO2/c1-13-5-4-6-15(11-13)8-10-17(19)18(3)12-16-9-7-14(2)20-16/h4-11H,12H2,1-3H3. The zero-order chi connectivity index (χ0) is 14.5. The highest BCUT2D eigenvalue weighted by molar-refractivity contribution is 5.91. The second kappa shape index (κ2) is 6.24. The third kappa shape index (κ3) is 3.85. The molecule has 20 heavy (non-hydrogen) atoms. The number of amides is 1. The van der Waals surface area contributed by atoms with E-state index in [9.17, 15) is 4.79 Å². The average Bonchev–Trinajstić information content (AvgIpc) is 2.81. The van der Waals surface area contributed by atoms with Gasteiger partial charge in [-0.25, -0.2) is 0 Å². The highest BCUT2D eigenvalue weighted by Gasteiger charge is 2.08. The van der Waals surface area contributed by atoms with Crippen LogP contribution in [0.15, 0.2) is 46.9 Å². The van der Waals surface area contributed by atoms with E-state index < -0.39 is 0 Å². The molecule has 1 aromatic carbocycles. The van der Waals surface area contributed by atoms with Gasteiger partial charge in [0.05, 0.1) is 6.54 Å². The van der Waals surface area contributed by atoms with Gasteiger partial charge in [0.25, 0.3) is 0 Å². The van der Waals surface area contributed by atoms with E-state index in [1.165, 1.54) is 5.56 Å². The van der Waals surface area contributed by atoms with Crippen molar-refractivity contribution in [2.75, 3.05) is 7.05 Å². The first-order valence-corrected chi connectivity index (χ1v) is 6.60. The Morgan fingerprint density at radius 1 is 1.25 bits per heavy atom. The summed E-state index contributed by atoms with van der Waals surface area (Å²) in [4.78, 5) is 13.6. The summed E-state index contributed by atoms with van der Waals surface area (Å²) in [6, 6.07) is 11.8. The Kier molecular flexibility index (Phi) is 4.41. The fourth-order valence-corrected chi connectivity index (χ4v) is 1.95. The smallest absolute Gasteiger partial charge is 0.246 e. The maximum Gasteiger partial charge on any atom is 0.246 e. The van der Waals surface area contributed by atoms with Gasteiger partial charge >= 0.3 is 0 Å². The average molecular weight is 269 g/mol. The molecule has 0 atom stereocenters. The van der Waals surface area contributed by atoms with E-state index in [-0.39, 0.29) is 5.91 Å². The molecular formula is C17H19NO2. The summed E-state index contributed by atoms with van der Waals surface area (Å²) in [5.74, 6) is 1.61. The molecule has 0 N–H and O–H groups in total. The van der Waals surface area contributed by atoms with Gasteiger partial charge in [-0.2, -0.15) is 0 Å². The minimum atomic E-state index is -0.0411. The van der Waals surface area contributed by atoms with E-state index in [2.05, 4.69) is 0 Å². The van der Waals surface area contributed by atoms with Gasteiger partial charge in [0.15, 0.2) is 0 Å². The molecule has 0 saturated heterocycles. The normalized spacial score (nSPS) is 10.9.